The minimum atomic E-state index is 0.0209. The summed E-state index contributed by atoms with van der Waals surface area (Å²) in [5.74, 6) is 0.640. The molecule has 3 nitrogen and oxygen atoms in total. The summed E-state index contributed by atoms with van der Waals surface area (Å²) in [4.78, 5) is 6.65. The zero-order valence-electron chi connectivity index (χ0n) is 11.7. The second-order valence-corrected chi connectivity index (χ2v) is 6.36. The van der Waals surface area contributed by atoms with Crippen molar-refractivity contribution in [3.8, 4) is 0 Å². The van der Waals surface area contributed by atoms with Gasteiger partial charge in [-0.1, -0.05) is 42.1 Å². The van der Waals surface area contributed by atoms with E-state index in [4.69, 9.17) is 5.73 Å². The standard InChI is InChI=1S/C15H22BrN3/c1-3-4-5-10-15(2)11-18-14(17)19(15)13-8-6-12(16)7-9-13/h6-9H,3-5,10-11H2,1-2H3,(H2,17,18). The largest absolute Gasteiger partial charge is 0.369 e. The van der Waals surface area contributed by atoms with Crippen molar-refractivity contribution in [2.75, 3.05) is 11.4 Å². The van der Waals surface area contributed by atoms with Crippen molar-refractivity contribution < 1.29 is 0 Å². The fourth-order valence-corrected chi connectivity index (χ4v) is 2.91. The molecule has 4 heteroatoms. The second kappa shape index (κ2) is 5.95. The molecule has 1 aromatic rings. The first-order valence-corrected chi connectivity index (χ1v) is 7.72. The van der Waals surface area contributed by atoms with Gasteiger partial charge in [-0.15, -0.1) is 0 Å². The lowest BCUT2D eigenvalue weighted by atomic mass is 9.93. The molecule has 0 aliphatic carbocycles. The van der Waals surface area contributed by atoms with Gasteiger partial charge in [0.25, 0.3) is 0 Å². The van der Waals surface area contributed by atoms with Crippen LogP contribution in [0.5, 0.6) is 0 Å². The fraction of sp³-hybridized carbons (Fsp3) is 0.533. The minimum Gasteiger partial charge on any atom is -0.369 e. The molecule has 0 saturated carbocycles. The molecule has 1 aliphatic rings. The molecule has 1 heterocycles. The van der Waals surface area contributed by atoms with E-state index in [1.165, 1.54) is 19.3 Å². The molecule has 0 saturated heterocycles. The molecule has 0 fully saturated rings. The highest BCUT2D eigenvalue weighted by Gasteiger charge is 2.38. The average Bonchev–Trinajstić information content (AvgIpc) is 2.68. The highest BCUT2D eigenvalue weighted by atomic mass is 79.9. The molecule has 2 N–H and O–H groups in total. The molecule has 0 amide bonds. The third-order valence-corrected chi connectivity index (χ3v) is 4.28. The van der Waals surface area contributed by atoms with Crippen molar-refractivity contribution in [3.63, 3.8) is 0 Å². The molecule has 1 unspecified atom stereocenters. The third kappa shape index (κ3) is 3.11. The Labute approximate surface area is 124 Å². The first-order chi connectivity index (χ1) is 9.07. The van der Waals surface area contributed by atoms with E-state index in [0.717, 1.165) is 23.1 Å². The summed E-state index contributed by atoms with van der Waals surface area (Å²) < 4.78 is 1.08. The van der Waals surface area contributed by atoms with E-state index < -0.39 is 0 Å². The van der Waals surface area contributed by atoms with Gasteiger partial charge in [0.05, 0.1) is 12.1 Å². The summed E-state index contributed by atoms with van der Waals surface area (Å²) >= 11 is 3.47. The summed E-state index contributed by atoms with van der Waals surface area (Å²) in [5.41, 5.74) is 7.24. The van der Waals surface area contributed by atoms with E-state index in [0.29, 0.717) is 5.96 Å². The van der Waals surface area contributed by atoms with Crippen LogP contribution in [0.1, 0.15) is 39.5 Å². The van der Waals surface area contributed by atoms with Crippen LogP contribution >= 0.6 is 15.9 Å². The molecule has 0 aromatic heterocycles. The molecule has 1 aliphatic heterocycles. The Morgan fingerprint density at radius 2 is 2.00 bits per heavy atom. The molecule has 0 bridgehead atoms. The maximum Gasteiger partial charge on any atom is 0.196 e. The van der Waals surface area contributed by atoms with Crippen LogP contribution in [0.3, 0.4) is 0 Å². The van der Waals surface area contributed by atoms with E-state index in [-0.39, 0.29) is 5.54 Å². The van der Waals surface area contributed by atoms with Crippen LogP contribution in [-0.4, -0.2) is 18.0 Å². The van der Waals surface area contributed by atoms with Crippen molar-refractivity contribution >= 4 is 27.6 Å². The quantitative estimate of drug-likeness (QED) is 0.834. The molecule has 1 atom stereocenters. The predicted octanol–water partition coefficient (Wildman–Crippen LogP) is 3.92. The smallest absolute Gasteiger partial charge is 0.196 e. The van der Waals surface area contributed by atoms with Crippen molar-refractivity contribution in [2.45, 2.75) is 45.1 Å². The summed E-state index contributed by atoms with van der Waals surface area (Å²) in [6.45, 7) is 5.28. The van der Waals surface area contributed by atoms with Gasteiger partial charge in [0.1, 0.15) is 0 Å². The Morgan fingerprint density at radius 1 is 1.32 bits per heavy atom. The minimum absolute atomic E-state index is 0.0209. The maximum atomic E-state index is 6.09. The molecular formula is C15H22BrN3. The van der Waals surface area contributed by atoms with Gasteiger partial charge in [0, 0.05) is 10.2 Å². The summed E-state index contributed by atoms with van der Waals surface area (Å²) in [6, 6.07) is 8.28. The van der Waals surface area contributed by atoms with Crippen LogP contribution in [-0.2, 0) is 0 Å². The van der Waals surface area contributed by atoms with E-state index >= 15 is 0 Å². The Balaban J connectivity index is 2.19. The zero-order chi connectivity index (χ0) is 13.9. The van der Waals surface area contributed by atoms with Gasteiger partial charge < -0.3 is 10.6 Å². The number of rotatable bonds is 5. The topological polar surface area (TPSA) is 41.6 Å². The van der Waals surface area contributed by atoms with Gasteiger partial charge in [-0.3, -0.25) is 4.99 Å². The van der Waals surface area contributed by atoms with Crippen LogP contribution in [0.4, 0.5) is 5.69 Å². The van der Waals surface area contributed by atoms with Crippen molar-refractivity contribution in [1.29, 1.82) is 0 Å². The lowest BCUT2D eigenvalue weighted by Crippen LogP contribution is -2.49. The van der Waals surface area contributed by atoms with Crippen LogP contribution in [0.25, 0.3) is 0 Å². The lowest BCUT2D eigenvalue weighted by molar-refractivity contribution is 0.438. The molecule has 2 rings (SSSR count). The van der Waals surface area contributed by atoms with E-state index in [1.54, 1.807) is 0 Å². The molecule has 104 valence electrons. The Kier molecular flexibility index (Phi) is 4.50. The SMILES string of the molecule is CCCCCC1(C)CN=C(N)N1c1ccc(Br)cc1. The van der Waals surface area contributed by atoms with Crippen LogP contribution in [0, 0.1) is 0 Å². The molecule has 19 heavy (non-hydrogen) atoms. The lowest BCUT2D eigenvalue weighted by Gasteiger charge is -2.36. The summed E-state index contributed by atoms with van der Waals surface area (Å²) in [5, 5.41) is 0. The van der Waals surface area contributed by atoms with Crippen molar-refractivity contribution in [3.05, 3.63) is 28.7 Å². The number of guanidine groups is 1. The average molecular weight is 324 g/mol. The first-order valence-electron chi connectivity index (χ1n) is 6.92. The third-order valence-electron chi connectivity index (χ3n) is 3.75. The number of anilines is 1. The second-order valence-electron chi connectivity index (χ2n) is 5.44. The van der Waals surface area contributed by atoms with Gasteiger partial charge in [0.2, 0.25) is 0 Å². The highest BCUT2D eigenvalue weighted by Crippen LogP contribution is 2.33. The number of nitrogens with zero attached hydrogens (tertiary/aromatic N) is 2. The Morgan fingerprint density at radius 3 is 2.63 bits per heavy atom. The van der Waals surface area contributed by atoms with Crippen molar-refractivity contribution in [1.82, 2.24) is 0 Å². The monoisotopic (exact) mass is 323 g/mol. The van der Waals surface area contributed by atoms with Gasteiger partial charge >= 0.3 is 0 Å². The number of halogens is 1. The van der Waals surface area contributed by atoms with Crippen molar-refractivity contribution in [2.24, 2.45) is 10.7 Å². The fourth-order valence-electron chi connectivity index (χ4n) is 2.65. The highest BCUT2D eigenvalue weighted by molar-refractivity contribution is 9.10. The molecular weight excluding hydrogens is 302 g/mol. The molecule has 0 radical (unpaired) electrons. The van der Waals surface area contributed by atoms with Crippen LogP contribution in [0.2, 0.25) is 0 Å². The number of benzene rings is 1. The van der Waals surface area contributed by atoms with E-state index in [1.807, 2.05) is 12.1 Å². The van der Waals surface area contributed by atoms with Crippen LogP contribution in [0.15, 0.2) is 33.7 Å². The van der Waals surface area contributed by atoms with E-state index in [2.05, 4.69) is 51.8 Å². The number of nitrogens with two attached hydrogens (primary N) is 1. The molecule has 0 spiro atoms. The number of hydrogen-bond acceptors (Lipinski definition) is 3. The summed E-state index contributed by atoms with van der Waals surface area (Å²) in [7, 11) is 0. The predicted molar refractivity (Wildman–Crippen MR) is 85.7 cm³/mol. The van der Waals surface area contributed by atoms with Gasteiger partial charge in [-0.05, 0) is 37.6 Å². The normalized spacial score (nSPS) is 22.7. The first kappa shape index (κ1) is 14.4. The van der Waals surface area contributed by atoms with E-state index in [9.17, 15) is 0 Å². The zero-order valence-corrected chi connectivity index (χ0v) is 13.3. The maximum absolute atomic E-state index is 6.09. The number of aliphatic imine (C=N–C) groups is 1. The number of hydrogen-bond donors (Lipinski definition) is 1. The van der Waals surface area contributed by atoms with Crippen LogP contribution < -0.4 is 10.6 Å². The molecule has 1 aromatic carbocycles. The van der Waals surface area contributed by atoms with Gasteiger partial charge in [-0.2, -0.15) is 0 Å². The van der Waals surface area contributed by atoms with Gasteiger partial charge in [0.15, 0.2) is 5.96 Å². The Hall–Kier alpha value is -1.03. The van der Waals surface area contributed by atoms with Gasteiger partial charge in [-0.25, -0.2) is 0 Å². The summed E-state index contributed by atoms with van der Waals surface area (Å²) in [6.07, 6.45) is 4.86. The Bertz CT molecular complexity index is 455. The number of unbranched alkanes of at least 4 members (excludes halogenated alkanes) is 2.